The van der Waals surface area contributed by atoms with Crippen molar-refractivity contribution in [2.75, 3.05) is 6.54 Å². The van der Waals surface area contributed by atoms with E-state index in [1.54, 1.807) is 12.2 Å². The van der Waals surface area contributed by atoms with E-state index in [-0.39, 0.29) is 22.5 Å². The van der Waals surface area contributed by atoms with Crippen molar-refractivity contribution in [3.05, 3.63) is 92.0 Å². The van der Waals surface area contributed by atoms with Gasteiger partial charge in [-0.2, -0.15) is 5.01 Å². The predicted molar refractivity (Wildman–Crippen MR) is 119 cm³/mol. The highest BCUT2D eigenvalue weighted by Gasteiger charge is 2.51. The fraction of sp³-hybridized carbons (Fsp3) is 0.217. The van der Waals surface area contributed by atoms with Crippen molar-refractivity contribution in [2.45, 2.75) is 12.8 Å². The first kappa shape index (κ1) is 23.4. The minimum Gasteiger partial charge on any atom is -0.292 e. The number of fused-ring (bicyclic) bond motifs is 1. The van der Waals surface area contributed by atoms with E-state index in [4.69, 9.17) is 0 Å². The molecule has 35 heavy (non-hydrogen) atoms. The van der Waals surface area contributed by atoms with E-state index in [1.807, 2.05) is 0 Å². The van der Waals surface area contributed by atoms with Gasteiger partial charge in [-0.05, 0) is 31.0 Å². The molecule has 0 radical (unpaired) electrons. The maximum atomic E-state index is 13.4. The average Bonchev–Trinajstić information content (AvgIpc) is 3.12. The number of rotatable bonds is 7. The van der Waals surface area contributed by atoms with Crippen LogP contribution in [-0.2, 0) is 9.59 Å². The van der Waals surface area contributed by atoms with Crippen molar-refractivity contribution >= 4 is 34.9 Å². The number of carbonyl (C=O) groups is 4. The summed E-state index contributed by atoms with van der Waals surface area (Å²) in [5.41, 5.74) is -0.795. The number of ketones is 1. The number of non-ortho nitro benzene ring substituents is 2. The van der Waals surface area contributed by atoms with E-state index >= 15 is 0 Å². The number of amides is 3. The Balaban J connectivity index is 1.70. The van der Waals surface area contributed by atoms with Gasteiger partial charge in [0.15, 0.2) is 5.78 Å². The molecule has 4 rings (SSSR count). The molecule has 1 saturated heterocycles. The van der Waals surface area contributed by atoms with Gasteiger partial charge < -0.3 is 0 Å². The Bertz CT molecular complexity index is 1260. The molecule has 0 unspecified atom stereocenters. The van der Waals surface area contributed by atoms with Gasteiger partial charge in [-0.3, -0.25) is 39.4 Å². The molecule has 3 amide bonds. The monoisotopic (exact) mass is 478 g/mol. The smallest absolute Gasteiger partial charge is 0.273 e. The maximum Gasteiger partial charge on any atom is 0.273 e. The molecule has 1 aliphatic heterocycles. The Labute approximate surface area is 197 Å². The lowest BCUT2D eigenvalue weighted by Crippen LogP contribution is -2.52. The van der Waals surface area contributed by atoms with Crippen molar-refractivity contribution in [1.29, 1.82) is 0 Å². The van der Waals surface area contributed by atoms with Gasteiger partial charge in [0.05, 0.1) is 21.7 Å². The summed E-state index contributed by atoms with van der Waals surface area (Å²) < 4.78 is 0. The molecule has 1 fully saturated rings. The van der Waals surface area contributed by atoms with E-state index in [0.717, 1.165) is 18.2 Å². The molecule has 2 aliphatic rings. The second-order valence-electron chi connectivity index (χ2n) is 8.04. The van der Waals surface area contributed by atoms with E-state index in [9.17, 15) is 39.4 Å². The Morgan fingerprint density at radius 2 is 1.43 bits per heavy atom. The number of nitro benzene ring substituents is 2. The number of Topliss-reactive ketones (excluding diaryl/α,β-unsaturated/α-hetero) is 1. The normalized spacial score (nSPS) is 18.8. The third-order valence-electron chi connectivity index (χ3n) is 5.96. The fourth-order valence-electron chi connectivity index (χ4n) is 4.15. The highest BCUT2D eigenvalue weighted by atomic mass is 16.6. The number of nitrogens with zero attached hydrogens (tertiary/aromatic N) is 4. The highest BCUT2D eigenvalue weighted by Crippen LogP contribution is 2.36. The lowest BCUT2D eigenvalue weighted by atomic mass is 9.85. The Morgan fingerprint density at radius 3 is 1.97 bits per heavy atom. The van der Waals surface area contributed by atoms with Crippen LogP contribution < -0.4 is 0 Å². The van der Waals surface area contributed by atoms with Crippen LogP contribution in [0.1, 0.15) is 33.6 Å². The minimum absolute atomic E-state index is 0.0191. The third-order valence-corrected chi connectivity index (χ3v) is 5.96. The van der Waals surface area contributed by atoms with Crippen molar-refractivity contribution in [3.63, 3.8) is 0 Å². The number of imide groups is 1. The van der Waals surface area contributed by atoms with Gasteiger partial charge in [-0.1, -0.05) is 18.2 Å². The molecule has 1 heterocycles. The molecule has 0 aromatic heterocycles. The van der Waals surface area contributed by atoms with Crippen LogP contribution in [0.5, 0.6) is 0 Å². The molecule has 2 atom stereocenters. The van der Waals surface area contributed by atoms with Crippen LogP contribution in [0, 0.1) is 32.1 Å². The van der Waals surface area contributed by atoms with Gasteiger partial charge in [0.2, 0.25) is 0 Å². The zero-order valence-corrected chi connectivity index (χ0v) is 18.1. The summed E-state index contributed by atoms with van der Waals surface area (Å²) in [7, 11) is 0. The number of allylic oxidation sites excluding steroid dienone is 2. The van der Waals surface area contributed by atoms with Crippen LogP contribution in [0.2, 0.25) is 0 Å². The lowest BCUT2D eigenvalue weighted by molar-refractivity contribution is -0.385. The molecular weight excluding hydrogens is 460 g/mol. The van der Waals surface area contributed by atoms with Gasteiger partial charge in [0.1, 0.15) is 6.54 Å². The van der Waals surface area contributed by atoms with Gasteiger partial charge in [-0.25, -0.2) is 5.01 Å². The fourth-order valence-corrected chi connectivity index (χ4v) is 4.15. The van der Waals surface area contributed by atoms with Crippen molar-refractivity contribution in [3.8, 4) is 0 Å². The first-order chi connectivity index (χ1) is 16.7. The summed E-state index contributed by atoms with van der Waals surface area (Å²) >= 11 is 0. The topological polar surface area (TPSA) is 161 Å². The number of hydrogen-bond donors (Lipinski definition) is 0. The van der Waals surface area contributed by atoms with Crippen LogP contribution in [0.3, 0.4) is 0 Å². The second kappa shape index (κ2) is 9.25. The van der Waals surface area contributed by atoms with Gasteiger partial charge in [-0.15, -0.1) is 0 Å². The SMILES string of the molecule is O=C(CN(C(=O)c1cccc([N+](=O)[O-])c1)N1C(=O)[C@@H]2CC=CC[C@H]2C1=O)c1ccc([N+](=O)[O-])cc1. The summed E-state index contributed by atoms with van der Waals surface area (Å²) in [6.07, 6.45) is 4.15. The number of benzene rings is 2. The summed E-state index contributed by atoms with van der Waals surface area (Å²) in [5.74, 6) is -4.27. The van der Waals surface area contributed by atoms with Gasteiger partial charge >= 0.3 is 0 Å². The summed E-state index contributed by atoms with van der Waals surface area (Å²) in [6, 6.07) is 9.36. The summed E-state index contributed by atoms with van der Waals surface area (Å²) in [5, 5.41) is 23.4. The molecule has 2 aromatic rings. The van der Waals surface area contributed by atoms with Crippen LogP contribution >= 0.6 is 0 Å². The zero-order chi connectivity index (χ0) is 25.3. The molecule has 2 aromatic carbocycles. The van der Waals surface area contributed by atoms with Crippen molar-refractivity contribution in [1.82, 2.24) is 10.0 Å². The largest absolute Gasteiger partial charge is 0.292 e. The quantitative estimate of drug-likeness (QED) is 0.193. The van der Waals surface area contributed by atoms with Crippen LogP contribution in [0.4, 0.5) is 11.4 Å². The minimum atomic E-state index is -0.947. The first-order valence-electron chi connectivity index (χ1n) is 10.6. The van der Waals surface area contributed by atoms with E-state index < -0.39 is 51.7 Å². The summed E-state index contributed by atoms with van der Waals surface area (Å²) in [4.78, 5) is 73.4. The maximum absolute atomic E-state index is 13.4. The van der Waals surface area contributed by atoms with E-state index in [2.05, 4.69) is 0 Å². The highest BCUT2D eigenvalue weighted by molar-refractivity contribution is 6.09. The van der Waals surface area contributed by atoms with Crippen molar-refractivity contribution < 1.29 is 29.0 Å². The molecule has 12 heteroatoms. The Kier molecular flexibility index (Phi) is 6.19. The zero-order valence-electron chi connectivity index (χ0n) is 18.1. The molecule has 0 bridgehead atoms. The summed E-state index contributed by atoms with van der Waals surface area (Å²) in [6.45, 7) is -0.732. The average molecular weight is 478 g/mol. The molecule has 0 saturated carbocycles. The Morgan fingerprint density at radius 1 is 0.857 bits per heavy atom. The predicted octanol–water partition coefficient (Wildman–Crippen LogP) is 2.69. The third kappa shape index (κ3) is 4.40. The van der Waals surface area contributed by atoms with E-state index in [0.29, 0.717) is 22.9 Å². The van der Waals surface area contributed by atoms with Crippen LogP contribution in [0.25, 0.3) is 0 Å². The molecule has 12 nitrogen and oxygen atoms in total. The lowest BCUT2D eigenvalue weighted by Gasteiger charge is -2.30. The number of nitro groups is 2. The van der Waals surface area contributed by atoms with Gasteiger partial charge in [0, 0.05) is 35.4 Å². The molecular formula is C23H18N4O8. The Hall–Kier alpha value is -4.74. The van der Waals surface area contributed by atoms with Crippen LogP contribution in [0.15, 0.2) is 60.7 Å². The number of carbonyl (C=O) groups excluding carboxylic acids is 4. The van der Waals surface area contributed by atoms with Gasteiger partial charge in [0.25, 0.3) is 29.1 Å². The molecule has 0 N–H and O–H groups in total. The van der Waals surface area contributed by atoms with Crippen molar-refractivity contribution in [2.24, 2.45) is 11.8 Å². The molecule has 178 valence electrons. The molecule has 0 spiro atoms. The second-order valence-corrected chi connectivity index (χ2v) is 8.04. The molecule has 1 aliphatic carbocycles. The number of hydrazine groups is 1. The standard InChI is InChI=1S/C23H18N4O8/c28-20(14-8-10-16(11-9-14)26(32)33)13-24(21(29)15-4-3-5-17(12-15)27(34)35)25-22(30)18-6-1-2-7-19(18)23(25)31/h1-5,8-12,18-19H,6-7,13H2/t18-,19-/m1/s1. The van der Waals surface area contributed by atoms with E-state index in [1.165, 1.54) is 30.3 Å². The number of hydrogen-bond acceptors (Lipinski definition) is 8. The first-order valence-corrected chi connectivity index (χ1v) is 10.6. The van der Waals surface area contributed by atoms with Crippen LogP contribution in [-0.4, -0.2) is 49.9 Å².